The van der Waals surface area contributed by atoms with Crippen LogP contribution >= 0.6 is 0 Å². The molecule has 2 amide bonds. The summed E-state index contributed by atoms with van der Waals surface area (Å²) in [4.78, 5) is 31.7. The molecule has 3 atom stereocenters. The Balaban J connectivity index is 1.11. The first kappa shape index (κ1) is 27.7. The van der Waals surface area contributed by atoms with Gasteiger partial charge in [0.25, 0.3) is 0 Å². The van der Waals surface area contributed by atoms with Crippen molar-refractivity contribution in [1.29, 1.82) is 0 Å². The molecule has 1 N–H and O–H groups in total. The van der Waals surface area contributed by atoms with Gasteiger partial charge in [0.15, 0.2) is 0 Å². The number of nitrogens with one attached hydrogen (secondary N) is 1. The van der Waals surface area contributed by atoms with Crippen LogP contribution in [-0.2, 0) is 21.6 Å². The second kappa shape index (κ2) is 10.1. The molecule has 5 fully saturated rings. The van der Waals surface area contributed by atoms with Crippen molar-refractivity contribution in [1.82, 2.24) is 15.2 Å². The normalized spacial score (nSPS) is 27.6. The smallest absolute Gasteiger partial charge is 0.410 e. The van der Waals surface area contributed by atoms with Gasteiger partial charge in [0, 0.05) is 42.5 Å². The highest BCUT2D eigenvalue weighted by Crippen LogP contribution is 2.64. The minimum atomic E-state index is -0.768. The first-order chi connectivity index (χ1) is 19.4. The first-order valence-electron chi connectivity index (χ1n) is 14.7. The largest absolute Gasteiger partial charge is 0.477 e. The quantitative estimate of drug-likeness (QED) is 0.420. The van der Waals surface area contributed by atoms with Crippen LogP contribution in [0.3, 0.4) is 0 Å². The number of aromatic nitrogens is 1. The second-order valence-electron chi connectivity index (χ2n) is 13.9. The van der Waals surface area contributed by atoms with Gasteiger partial charge in [-0.15, -0.1) is 0 Å². The van der Waals surface area contributed by atoms with Crippen LogP contribution in [0.15, 0.2) is 42.5 Å². The zero-order valence-corrected chi connectivity index (χ0v) is 24.6. The molecule has 1 saturated heterocycles. The molecule has 220 valence electrons. The van der Waals surface area contributed by atoms with E-state index < -0.39 is 17.2 Å². The Morgan fingerprint density at radius 2 is 1.66 bits per heavy atom. The third-order valence-corrected chi connectivity index (χ3v) is 8.84. The van der Waals surface area contributed by atoms with Crippen LogP contribution in [0.1, 0.15) is 65.0 Å². The average Bonchev–Trinajstić information content (AvgIpc) is 3.27. The van der Waals surface area contributed by atoms with E-state index >= 15 is 0 Å². The molecule has 1 aliphatic heterocycles. The second-order valence-corrected chi connectivity index (χ2v) is 13.9. The topological polar surface area (TPSA) is 99.2 Å². The number of amides is 2. The van der Waals surface area contributed by atoms with Crippen LogP contribution in [0.5, 0.6) is 11.8 Å². The number of pyridine rings is 1. The van der Waals surface area contributed by atoms with Gasteiger partial charge in [-0.3, -0.25) is 0 Å². The van der Waals surface area contributed by atoms with Gasteiger partial charge in [0.1, 0.15) is 18.3 Å². The lowest BCUT2D eigenvalue weighted by Gasteiger charge is -2.61. The molecule has 0 unspecified atom stereocenters. The van der Waals surface area contributed by atoms with Crippen LogP contribution in [-0.4, -0.2) is 53.5 Å². The van der Waals surface area contributed by atoms with Crippen molar-refractivity contribution in [3.63, 3.8) is 0 Å². The highest BCUT2D eigenvalue weighted by atomic mass is 16.6. The number of nitrogens with zero attached hydrogens (tertiary/aromatic N) is 2. The van der Waals surface area contributed by atoms with E-state index in [0.29, 0.717) is 36.9 Å². The van der Waals surface area contributed by atoms with E-state index in [1.54, 1.807) is 4.90 Å². The van der Waals surface area contributed by atoms with Gasteiger partial charge >= 0.3 is 12.2 Å². The molecule has 41 heavy (non-hydrogen) atoms. The predicted molar refractivity (Wildman–Crippen MR) is 151 cm³/mol. The van der Waals surface area contributed by atoms with Crippen LogP contribution in [0.2, 0.25) is 0 Å². The molecule has 0 radical (unpaired) electrons. The van der Waals surface area contributed by atoms with Gasteiger partial charge in [-0.25, -0.2) is 9.59 Å². The molecule has 2 aromatic rings. The molecule has 5 aliphatic rings. The van der Waals surface area contributed by atoms with Crippen LogP contribution in [0.4, 0.5) is 9.59 Å². The molecule has 0 spiro atoms. The Morgan fingerprint density at radius 3 is 2.27 bits per heavy atom. The Labute approximate surface area is 241 Å². The zero-order valence-electron chi connectivity index (χ0n) is 24.6. The molecule has 1 aromatic heterocycles. The highest BCUT2D eigenvalue weighted by molar-refractivity contribution is 5.69. The van der Waals surface area contributed by atoms with Gasteiger partial charge in [0.05, 0.1) is 12.1 Å². The monoisotopic (exact) mass is 563 g/mol. The fourth-order valence-electron chi connectivity index (χ4n) is 6.39. The maximum atomic E-state index is 12.7. The van der Waals surface area contributed by atoms with E-state index in [0.717, 1.165) is 17.0 Å². The molecule has 9 heteroatoms. The number of ether oxygens (including phenoxy) is 4. The summed E-state index contributed by atoms with van der Waals surface area (Å²) < 4.78 is 23.6. The SMILES string of the molecule is CC(C)(C)OC(=O)N1C[C@@H]2[C@H](C1)[C@@H]2Oc1cc(C(C)(C)NC(=O)OCc2ccccc2)cc(OCC23CC(C2)C3)n1. The maximum absolute atomic E-state index is 12.7. The molecule has 2 bridgehead atoms. The molecular formula is C32H41N3O6. The number of alkyl carbamates (subject to hydrolysis) is 1. The fraction of sp³-hybridized carbons (Fsp3) is 0.594. The summed E-state index contributed by atoms with van der Waals surface area (Å²) in [5.41, 5.74) is 0.750. The lowest BCUT2D eigenvalue weighted by atomic mass is 9.45. The maximum Gasteiger partial charge on any atom is 0.410 e. The van der Waals surface area contributed by atoms with Crippen LogP contribution < -0.4 is 14.8 Å². The minimum Gasteiger partial charge on any atom is -0.477 e. The average molecular weight is 564 g/mol. The van der Waals surface area contributed by atoms with Crippen molar-refractivity contribution in [2.24, 2.45) is 23.2 Å². The number of carbonyl (C=O) groups is 2. The van der Waals surface area contributed by atoms with Crippen molar-refractivity contribution in [3.05, 3.63) is 53.6 Å². The fourth-order valence-corrected chi connectivity index (χ4v) is 6.39. The lowest BCUT2D eigenvalue weighted by molar-refractivity contribution is -0.132. The molecule has 2 heterocycles. The molecule has 4 saturated carbocycles. The third kappa shape index (κ3) is 6.09. The van der Waals surface area contributed by atoms with Crippen molar-refractivity contribution in [3.8, 4) is 11.8 Å². The lowest BCUT2D eigenvalue weighted by Crippen LogP contribution is -2.55. The zero-order chi connectivity index (χ0) is 29.0. The van der Waals surface area contributed by atoms with E-state index in [1.165, 1.54) is 19.3 Å². The number of piperidine rings is 1. The number of rotatable bonds is 9. The van der Waals surface area contributed by atoms with Gasteiger partial charge in [-0.1, -0.05) is 30.3 Å². The van der Waals surface area contributed by atoms with Crippen molar-refractivity contribution in [2.45, 2.75) is 77.7 Å². The van der Waals surface area contributed by atoms with Gasteiger partial charge in [-0.2, -0.15) is 4.98 Å². The van der Waals surface area contributed by atoms with E-state index in [1.807, 2.05) is 77.1 Å². The predicted octanol–water partition coefficient (Wildman–Crippen LogP) is 5.67. The molecule has 9 nitrogen and oxygen atoms in total. The molecule has 4 aliphatic carbocycles. The summed E-state index contributed by atoms with van der Waals surface area (Å²) in [5.74, 6) is 2.33. The van der Waals surface area contributed by atoms with E-state index in [2.05, 4.69) is 5.32 Å². The molecular weight excluding hydrogens is 522 g/mol. The Morgan fingerprint density at radius 1 is 1.00 bits per heavy atom. The van der Waals surface area contributed by atoms with E-state index in [4.69, 9.17) is 23.9 Å². The Hall–Kier alpha value is -3.49. The van der Waals surface area contributed by atoms with Crippen LogP contribution in [0, 0.1) is 23.2 Å². The van der Waals surface area contributed by atoms with Gasteiger partial charge in [-0.05, 0) is 70.9 Å². The summed E-state index contributed by atoms with van der Waals surface area (Å²) in [7, 11) is 0. The summed E-state index contributed by atoms with van der Waals surface area (Å²) in [5, 5.41) is 2.99. The number of carbonyl (C=O) groups excluding carboxylic acids is 2. The van der Waals surface area contributed by atoms with E-state index in [-0.39, 0.29) is 30.6 Å². The molecule has 1 aromatic carbocycles. The van der Waals surface area contributed by atoms with Gasteiger partial charge in [0.2, 0.25) is 11.8 Å². The van der Waals surface area contributed by atoms with Crippen LogP contribution in [0.25, 0.3) is 0 Å². The van der Waals surface area contributed by atoms with Crippen molar-refractivity contribution >= 4 is 12.2 Å². The standard InChI is InChI=1S/C32H41N3O6/c1-30(2,3)41-29(37)35-16-23-24(17-35)27(23)40-26-12-22(11-25(33-26)39-19-32-13-21(14-32)15-32)31(4,5)34-28(36)38-18-20-9-7-6-8-10-20/h6-12,21,23-24,27H,13-19H2,1-5H3,(H,34,36)/t21?,23-,24+,27-,32?. The summed E-state index contributed by atoms with van der Waals surface area (Å²) in [6, 6.07) is 13.3. The van der Waals surface area contributed by atoms with Crippen molar-refractivity contribution < 1.29 is 28.5 Å². The summed E-state index contributed by atoms with van der Waals surface area (Å²) in [6.07, 6.45) is 2.89. The summed E-state index contributed by atoms with van der Waals surface area (Å²) >= 11 is 0. The highest BCUT2D eigenvalue weighted by Gasteiger charge is 2.60. The first-order valence-corrected chi connectivity index (χ1v) is 14.7. The third-order valence-electron chi connectivity index (χ3n) is 8.84. The minimum absolute atomic E-state index is 0.0196. The number of fused-ring (bicyclic) bond motifs is 1. The summed E-state index contributed by atoms with van der Waals surface area (Å²) in [6.45, 7) is 11.5. The Kier molecular flexibility index (Phi) is 6.82. The van der Waals surface area contributed by atoms with Gasteiger partial charge < -0.3 is 29.2 Å². The van der Waals surface area contributed by atoms with E-state index in [9.17, 15) is 9.59 Å². The molecule has 7 rings (SSSR count). The van der Waals surface area contributed by atoms with Crippen molar-refractivity contribution in [2.75, 3.05) is 19.7 Å². The number of benzene rings is 1. The number of hydrogen-bond acceptors (Lipinski definition) is 7. The Bertz CT molecular complexity index is 1280. The number of likely N-dealkylation sites (tertiary alicyclic amines) is 1. The number of hydrogen-bond donors (Lipinski definition) is 1.